The summed E-state index contributed by atoms with van der Waals surface area (Å²) in [6, 6.07) is 23.4. The van der Waals surface area contributed by atoms with E-state index < -0.39 is 0 Å². The maximum absolute atomic E-state index is 9.07. The van der Waals surface area contributed by atoms with Crippen LogP contribution in [0.2, 0.25) is 0 Å². The average Bonchev–Trinajstić information content (AvgIpc) is 2.91. The number of aryl methyl sites for hydroxylation is 1. The molecule has 138 valence electrons. The molecule has 3 aromatic carbocycles. The van der Waals surface area contributed by atoms with Crippen molar-refractivity contribution in [2.24, 2.45) is 4.99 Å². The Morgan fingerprint density at radius 1 is 0.966 bits per heavy atom. The predicted molar refractivity (Wildman–Crippen MR) is 115 cm³/mol. The molecule has 1 N–H and O–H groups in total. The Kier molecular flexibility index (Phi) is 3.96. The largest absolute Gasteiger partial charge is 0.436 e. The molecule has 5 nitrogen and oxygen atoms in total. The van der Waals surface area contributed by atoms with Crippen molar-refractivity contribution in [1.82, 2.24) is 4.98 Å². The van der Waals surface area contributed by atoms with Crippen molar-refractivity contribution >= 4 is 34.2 Å². The molecule has 0 amide bonds. The minimum atomic E-state index is 0.547. The summed E-state index contributed by atoms with van der Waals surface area (Å²) in [7, 11) is 0. The molecule has 0 fully saturated rings. The molecule has 0 saturated heterocycles. The van der Waals surface area contributed by atoms with E-state index in [0.29, 0.717) is 17.2 Å². The summed E-state index contributed by atoms with van der Waals surface area (Å²) in [6.45, 7) is 2.03. The normalized spacial score (nSPS) is 11.7. The summed E-state index contributed by atoms with van der Waals surface area (Å²) >= 11 is 0. The Morgan fingerprint density at radius 2 is 1.86 bits per heavy atom. The Bertz CT molecular complexity index is 1330. The van der Waals surface area contributed by atoms with Gasteiger partial charge in [0.25, 0.3) is 0 Å². The number of hydrogen-bond acceptors (Lipinski definition) is 5. The zero-order chi connectivity index (χ0) is 19.8. The van der Waals surface area contributed by atoms with Crippen LogP contribution in [0.5, 0.6) is 11.6 Å². The second-order valence-electron chi connectivity index (χ2n) is 6.94. The van der Waals surface area contributed by atoms with E-state index >= 15 is 0 Å². The molecule has 0 spiro atoms. The van der Waals surface area contributed by atoms with E-state index in [1.165, 1.54) is 0 Å². The third-order valence-electron chi connectivity index (χ3n) is 4.75. The van der Waals surface area contributed by atoms with Crippen molar-refractivity contribution in [3.05, 3.63) is 83.4 Å². The van der Waals surface area contributed by atoms with Crippen LogP contribution in [0.25, 0.3) is 10.9 Å². The molecule has 0 saturated carbocycles. The fourth-order valence-corrected chi connectivity index (χ4v) is 3.32. The number of ether oxygens (including phenoxy) is 1. The summed E-state index contributed by atoms with van der Waals surface area (Å²) in [5, 5.41) is 13.4. The molecule has 4 aromatic rings. The molecule has 1 aliphatic heterocycles. The third-order valence-corrected chi connectivity index (χ3v) is 4.75. The van der Waals surface area contributed by atoms with Crippen LogP contribution in [0.1, 0.15) is 16.7 Å². The highest BCUT2D eigenvalue weighted by Crippen LogP contribution is 2.37. The first-order valence-electron chi connectivity index (χ1n) is 9.22. The minimum absolute atomic E-state index is 0.547. The van der Waals surface area contributed by atoms with Gasteiger partial charge >= 0.3 is 0 Å². The van der Waals surface area contributed by atoms with Gasteiger partial charge < -0.3 is 10.1 Å². The third kappa shape index (κ3) is 3.28. The van der Waals surface area contributed by atoms with Crippen LogP contribution in [0.15, 0.2) is 71.7 Å². The number of pyridine rings is 1. The Morgan fingerprint density at radius 3 is 2.76 bits per heavy atom. The molecular weight excluding hydrogens is 360 g/mol. The summed E-state index contributed by atoms with van der Waals surface area (Å²) < 4.78 is 6.03. The van der Waals surface area contributed by atoms with Crippen LogP contribution in [0, 0.1) is 18.3 Å². The number of aliphatic imine (C=N–C) groups is 1. The van der Waals surface area contributed by atoms with Crippen molar-refractivity contribution in [1.29, 1.82) is 5.26 Å². The van der Waals surface area contributed by atoms with E-state index in [9.17, 15) is 0 Å². The molecule has 0 bridgehead atoms. The molecule has 0 atom stereocenters. The maximum atomic E-state index is 9.07. The van der Waals surface area contributed by atoms with Crippen LogP contribution in [-0.4, -0.2) is 11.2 Å². The van der Waals surface area contributed by atoms with Gasteiger partial charge in [-0.05, 0) is 67.1 Å². The quantitative estimate of drug-likeness (QED) is 0.409. The Hall–Kier alpha value is -4.17. The average molecular weight is 376 g/mol. The first-order chi connectivity index (χ1) is 14.2. The van der Waals surface area contributed by atoms with Crippen LogP contribution in [0.4, 0.5) is 17.1 Å². The Balaban J connectivity index is 1.52. The molecule has 2 heterocycles. The summed E-state index contributed by atoms with van der Waals surface area (Å²) in [5.74, 6) is 1.25. The molecule has 0 radical (unpaired) electrons. The fourth-order valence-electron chi connectivity index (χ4n) is 3.32. The van der Waals surface area contributed by atoms with Crippen LogP contribution < -0.4 is 10.1 Å². The molecule has 1 aliphatic rings. The minimum Gasteiger partial charge on any atom is -0.436 e. The maximum Gasteiger partial charge on any atom is 0.228 e. The summed E-state index contributed by atoms with van der Waals surface area (Å²) in [5.41, 5.74) is 5.99. The molecule has 1 aromatic heterocycles. The van der Waals surface area contributed by atoms with Crippen molar-refractivity contribution in [3.63, 3.8) is 0 Å². The van der Waals surface area contributed by atoms with Crippen molar-refractivity contribution < 1.29 is 4.74 Å². The SMILES string of the molecule is Cc1ccc2c(c1)N=Cc1cc3cc(Nc4cccc(C#N)c4)ccc3nc1O2. The molecule has 29 heavy (non-hydrogen) atoms. The molecule has 5 rings (SSSR count). The standard InChI is InChI=1S/C24H16N4O/c1-15-5-8-23-22(9-15)26-14-18-11-17-12-20(6-7-21(17)28-24(18)29-23)27-19-4-2-3-16(10-19)13-25/h2-12,14,27H,1H3. The van der Waals surface area contributed by atoms with Gasteiger partial charge in [0.1, 0.15) is 5.69 Å². The molecule has 0 unspecified atom stereocenters. The number of nitrogens with one attached hydrogen (secondary N) is 1. The number of rotatable bonds is 2. The number of aromatic nitrogens is 1. The highest BCUT2D eigenvalue weighted by atomic mass is 16.5. The highest BCUT2D eigenvalue weighted by molar-refractivity contribution is 5.94. The van der Waals surface area contributed by atoms with E-state index in [1.807, 2.05) is 67.6 Å². The predicted octanol–water partition coefficient (Wildman–Crippen LogP) is 6.01. The highest BCUT2D eigenvalue weighted by Gasteiger charge is 2.14. The first kappa shape index (κ1) is 17.0. The smallest absolute Gasteiger partial charge is 0.228 e. The number of anilines is 2. The molecule has 5 heteroatoms. The van der Waals surface area contributed by atoms with E-state index in [-0.39, 0.29) is 0 Å². The van der Waals surface area contributed by atoms with Gasteiger partial charge in [-0.1, -0.05) is 12.1 Å². The Labute approximate surface area is 167 Å². The van der Waals surface area contributed by atoms with Crippen molar-refractivity contribution in [2.75, 3.05) is 5.32 Å². The zero-order valence-corrected chi connectivity index (χ0v) is 15.7. The zero-order valence-electron chi connectivity index (χ0n) is 15.7. The lowest BCUT2D eigenvalue weighted by Gasteiger charge is -2.10. The number of fused-ring (bicyclic) bond motifs is 3. The first-order valence-corrected chi connectivity index (χ1v) is 9.22. The van der Waals surface area contributed by atoms with Crippen LogP contribution in [0.3, 0.4) is 0 Å². The fraction of sp³-hybridized carbons (Fsp3) is 0.0417. The van der Waals surface area contributed by atoms with Gasteiger partial charge in [-0.15, -0.1) is 0 Å². The van der Waals surface area contributed by atoms with Crippen LogP contribution in [-0.2, 0) is 0 Å². The number of nitriles is 1. The molecule has 0 aliphatic carbocycles. The van der Waals surface area contributed by atoms with Gasteiger partial charge in [0.05, 0.1) is 22.7 Å². The van der Waals surface area contributed by atoms with Gasteiger partial charge in [0.2, 0.25) is 5.88 Å². The van der Waals surface area contributed by atoms with Crippen molar-refractivity contribution in [2.45, 2.75) is 6.92 Å². The second kappa shape index (κ2) is 6.77. The van der Waals surface area contributed by atoms with E-state index in [1.54, 1.807) is 12.3 Å². The monoisotopic (exact) mass is 376 g/mol. The van der Waals surface area contributed by atoms with E-state index in [2.05, 4.69) is 21.4 Å². The van der Waals surface area contributed by atoms with Gasteiger partial charge in [0.15, 0.2) is 5.75 Å². The van der Waals surface area contributed by atoms with E-state index in [0.717, 1.165) is 39.1 Å². The second-order valence-corrected chi connectivity index (χ2v) is 6.94. The van der Waals surface area contributed by atoms with Gasteiger partial charge in [-0.2, -0.15) is 5.26 Å². The van der Waals surface area contributed by atoms with Gasteiger partial charge in [-0.3, -0.25) is 4.99 Å². The number of nitrogens with zero attached hydrogens (tertiary/aromatic N) is 3. The topological polar surface area (TPSA) is 70.3 Å². The summed E-state index contributed by atoms with van der Waals surface area (Å²) in [4.78, 5) is 9.26. The molecular formula is C24H16N4O. The van der Waals surface area contributed by atoms with Gasteiger partial charge in [0, 0.05) is 23.0 Å². The van der Waals surface area contributed by atoms with Crippen molar-refractivity contribution in [3.8, 4) is 17.7 Å². The number of hydrogen-bond donors (Lipinski definition) is 1. The number of benzene rings is 3. The summed E-state index contributed by atoms with van der Waals surface area (Å²) in [6.07, 6.45) is 1.80. The van der Waals surface area contributed by atoms with E-state index in [4.69, 9.17) is 10.00 Å². The lowest BCUT2D eigenvalue weighted by molar-refractivity contribution is 0.467. The lowest BCUT2D eigenvalue weighted by atomic mass is 10.1. The van der Waals surface area contributed by atoms with Crippen LogP contribution >= 0.6 is 0 Å². The lowest BCUT2D eigenvalue weighted by Crippen LogP contribution is -1.95. The van der Waals surface area contributed by atoms with Gasteiger partial charge in [-0.25, -0.2) is 4.98 Å².